The largest absolute Gasteiger partial charge is 0.344 e. The van der Waals surface area contributed by atoms with Crippen LogP contribution in [0, 0.1) is 5.41 Å². The van der Waals surface area contributed by atoms with Crippen LogP contribution in [0.2, 0.25) is 0 Å². The van der Waals surface area contributed by atoms with Crippen molar-refractivity contribution in [3.63, 3.8) is 0 Å². The molecule has 1 aliphatic carbocycles. The first-order chi connectivity index (χ1) is 12.9. The monoisotopic (exact) mass is 355 g/mol. The lowest BCUT2D eigenvalue weighted by atomic mass is 9.80. The number of nitrogens with zero attached hydrogens (tertiary/aromatic N) is 1. The van der Waals surface area contributed by atoms with Gasteiger partial charge in [-0.15, -0.1) is 0 Å². The maximum Gasteiger partial charge on any atom is 0.0482 e. The Hall–Kier alpha value is -2.80. The molecular formula is C26H29N. The second-order valence-electron chi connectivity index (χ2n) is 7.61. The van der Waals surface area contributed by atoms with Gasteiger partial charge in [-0.3, -0.25) is 0 Å². The molecular weight excluding hydrogens is 326 g/mol. The van der Waals surface area contributed by atoms with Gasteiger partial charge in [-0.1, -0.05) is 81.2 Å². The first-order valence-corrected chi connectivity index (χ1v) is 9.48. The molecule has 1 heterocycles. The van der Waals surface area contributed by atoms with Crippen LogP contribution in [0.3, 0.4) is 0 Å². The van der Waals surface area contributed by atoms with E-state index in [0.29, 0.717) is 0 Å². The SMILES string of the molecule is C=CC1=C(/C=C\C)C(C)(C)C(C)=C1C1=C(C=C)N(C)c2ccccc2C=C1. The van der Waals surface area contributed by atoms with Crippen LogP contribution in [-0.2, 0) is 0 Å². The Morgan fingerprint density at radius 1 is 1.04 bits per heavy atom. The third-order valence-corrected chi connectivity index (χ3v) is 5.91. The van der Waals surface area contributed by atoms with Gasteiger partial charge in [0.1, 0.15) is 0 Å². The summed E-state index contributed by atoms with van der Waals surface area (Å²) in [6.45, 7) is 17.2. The van der Waals surface area contributed by atoms with Gasteiger partial charge < -0.3 is 4.90 Å². The third kappa shape index (κ3) is 2.88. The topological polar surface area (TPSA) is 3.24 Å². The molecule has 1 nitrogen and oxygen atoms in total. The summed E-state index contributed by atoms with van der Waals surface area (Å²) >= 11 is 0. The fourth-order valence-corrected chi connectivity index (χ4v) is 4.17. The number of benzene rings is 1. The van der Waals surface area contributed by atoms with Gasteiger partial charge in [-0.05, 0) is 48.3 Å². The molecule has 0 atom stereocenters. The highest BCUT2D eigenvalue weighted by Gasteiger charge is 2.37. The van der Waals surface area contributed by atoms with E-state index >= 15 is 0 Å². The summed E-state index contributed by atoms with van der Waals surface area (Å²) in [6.07, 6.45) is 12.7. The Morgan fingerprint density at radius 2 is 1.74 bits per heavy atom. The second kappa shape index (κ2) is 7.08. The number of fused-ring (bicyclic) bond motifs is 1. The van der Waals surface area contributed by atoms with Crippen LogP contribution in [0.25, 0.3) is 6.08 Å². The molecule has 27 heavy (non-hydrogen) atoms. The van der Waals surface area contributed by atoms with Crippen LogP contribution in [-0.4, -0.2) is 7.05 Å². The lowest BCUT2D eigenvalue weighted by Gasteiger charge is -2.25. The number of anilines is 1. The average molecular weight is 356 g/mol. The van der Waals surface area contributed by atoms with Gasteiger partial charge in [0.05, 0.1) is 0 Å². The zero-order valence-corrected chi connectivity index (χ0v) is 17.1. The summed E-state index contributed by atoms with van der Waals surface area (Å²) in [4.78, 5) is 2.24. The van der Waals surface area contributed by atoms with E-state index in [1.165, 1.54) is 39.1 Å². The Balaban J connectivity index is 2.32. The van der Waals surface area contributed by atoms with Crippen molar-refractivity contribution in [1.29, 1.82) is 0 Å². The number of allylic oxidation sites excluding steroid dienone is 10. The zero-order valence-electron chi connectivity index (χ0n) is 17.1. The summed E-state index contributed by atoms with van der Waals surface area (Å²) in [6, 6.07) is 8.47. The fraction of sp³-hybridized carbons (Fsp3) is 0.231. The van der Waals surface area contributed by atoms with Gasteiger partial charge in [-0.25, -0.2) is 0 Å². The van der Waals surface area contributed by atoms with Crippen molar-refractivity contribution < 1.29 is 0 Å². The molecule has 0 saturated carbocycles. The first kappa shape index (κ1) is 19.0. The number of rotatable bonds is 4. The lowest BCUT2D eigenvalue weighted by molar-refractivity contribution is 0.561. The standard InChI is InChI=1S/C26H29N/c1-8-13-22-20(9-2)25(18(4)26(22,5)6)21-17-16-19-14-11-12-15-24(19)27(7)23(21)10-3/h8-17H,2-3H2,1,4-7H3/b13-8-. The zero-order chi connectivity index (χ0) is 19.8. The van der Waals surface area contributed by atoms with Crippen molar-refractivity contribution in [2.24, 2.45) is 5.41 Å². The molecule has 2 aliphatic rings. The molecule has 0 aromatic heterocycles. The summed E-state index contributed by atoms with van der Waals surface area (Å²) in [5.41, 5.74) is 9.85. The molecule has 0 bridgehead atoms. The van der Waals surface area contributed by atoms with Crippen molar-refractivity contribution >= 4 is 11.8 Å². The van der Waals surface area contributed by atoms with Crippen LogP contribution in [0.5, 0.6) is 0 Å². The second-order valence-corrected chi connectivity index (χ2v) is 7.61. The molecule has 3 rings (SSSR count). The van der Waals surface area contributed by atoms with E-state index in [1.807, 2.05) is 12.2 Å². The molecule has 1 heteroatoms. The summed E-state index contributed by atoms with van der Waals surface area (Å²) < 4.78 is 0. The lowest BCUT2D eigenvalue weighted by Crippen LogP contribution is -2.17. The van der Waals surface area contributed by atoms with E-state index in [-0.39, 0.29) is 5.41 Å². The molecule has 0 N–H and O–H groups in total. The molecule has 0 amide bonds. The van der Waals surface area contributed by atoms with Gasteiger partial charge in [0, 0.05) is 29.4 Å². The van der Waals surface area contributed by atoms with Crippen LogP contribution in [0.4, 0.5) is 5.69 Å². The quantitative estimate of drug-likeness (QED) is 0.562. The van der Waals surface area contributed by atoms with Crippen LogP contribution < -0.4 is 4.90 Å². The number of para-hydroxylation sites is 1. The molecule has 0 spiro atoms. The fourth-order valence-electron chi connectivity index (χ4n) is 4.17. The summed E-state index contributed by atoms with van der Waals surface area (Å²) in [5, 5.41) is 0. The van der Waals surface area contributed by atoms with Gasteiger partial charge in [0.15, 0.2) is 0 Å². The normalized spacial score (nSPS) is 19.1. The Morgan fingerprint density at radius 3 is 2.37 bits per heavy atom. The number of hydrogen-bond acceptors (Lipinski definition) is 1. The van der Waals surface area contributed by atoms with Crippen molar-refractivity contribution in [3.8, 4) is 0 Å². The van der Waals surface area contributed by atoms with Crippen LogP contribution in [0.1, 0.15) is 33.3 Å². The van der Waals surface area contributed by atoms with Gasteiger partial charge >= 0.3 is 0 Å². The van der Waals surface area contributed by atoms with Crippen molar-refractivity contribution in [2.45, 2.75) is 27.7 Å². The minimum atomic E-state index is -0.0315. The minimum absolute atomic E-state index is 0.0315. The molecule has 1 aliphatic heterocycles. The highest BCUT2D eigenvalue weighted by molar-refractivity contribution is 5.80. The Bertz CT molecular complexity index is 958. The first-order valence-electron chi connectivity index (χ1n) is 9.48. The van der Waals surface area contributed by atoms with E-state index in [0.717, 1.165) is 5.70 Å². The Kier molecular flexibility index (Phi) is 4.97. The molecule has 1 aromatic rings. The molecule has 0 radical (unpaired) electrons. The average Bonchev–Trinajstić information content (AvgIpc) is 2.77. The van der Waals surface area contributed by atoms with Gasteiger partial charge in [-0.2, -0.15) is 0 Å². The molecule has 0 saturated heterocycles. The van der Waals surface area contributed by atoms with Gasteiger partial charge in [0.25, 0.3) is 0 Å². The Labute approximate surface area is 164 Å². The predicted molar refractivity (Wildman–Crippen MR) is 120 cm³/mol. The summed E-state index contributed by atoms with van der Waals surface area (Å²) in [7, 11) is 2.11. The van der Waals surface area contributed by atoms with Gasteiger partial charge in [0.2, 0.25) is 0 Å². The van der Waals surface area contributed by atoms with Crippen molar-refractivity contribution in [1.82, 2.24) is 0 Å². The van der Waals surface area contributed by atoms with E-state index in [9.17, 15) is 0 Å². The van der Waals surface area contributed by atoms with Crippen LogP contribution in [0.15, 0.2) is 101 Å². The maximum atomic E-state index is 4.14. The summed E-state index contributed by atoms with van der Waals surface area (Å²) in [5.74, 6) is 0. The number of hydrogen-bond donors (Lipinski definition) is 0. The number of likely N-dealkylation sites (N-methyl/N-ethyl adjacent to an activating group) is 1. The maximum absolute atomic E-state index is 4.14. The van der Waals surface area contributed by atoms with Crippen molar-refractivity contribution in [3.05, 3.63) is 107 Å². The predicted octanol–water partition coefficient (Wildman–Crippen LogP) is 7.00. The third-order valence-electron chi connectivity index (χ3n) is 5.91. The van der Waals surface area contributed by atoms with E-state index in [4.69, 9.17) is 0 Å². The molecule has 1 aromatic carbocycles. The van der Waals surface area contributed by atoms with E-state index < -0.39 is 0 Å². The van der Waals surface area contributed by atoms with E-state index in [2.05, 4.69) is 101 Å². The molecule has 138 valence electrons. The highest BCUT2D eigenvalue weighted by atomic mass is 15.1. The van der Waals surface area contributed by atoms with Crippen molar-refractivity contribution in [2.75, 3.05) is 11.9 Å². The van der Waals surface area contributed by atoms with Crippen LogP contribution >= 0.6 is 0 Å². The molecule has 0 fully saturated rings. The highest BCUT2D eigenvalue weighted by Crippen LogP contribution is 2.51. The van der Waals surface area contributed by atoms with E-state index in [1.54, 1.807) is 0 Å². The molecule has 0 unspecified atom stereocenters. The smallest absolute Gasteiger partial charge is 0.0482 e. The minimum Gasteiger partial charge on any atom is -0.344 e.